The lowest BCUT2D eigenvalue weighted by Gasteiger charge is -2.62. The van der Waals surface area contributed by atoms with Gasteiger partial charge in [0, 0.05) is 123 Å². The van der Waals surface area contributed by atoms with Crippen LogP contribution in [0.3, 0.4) is 0 Å². The third-order valence-corrected chi connectivity index (χ3v) is 21.6. The first-order valence-electron chi connectivity index (χ1n) is 37.1. The van der Waals surface area contributed by atoms with Gasteiger partial charge in [-0.15, -0.1) is 0 Å². The van der Waals surface area contributed by atoms with Gasteiger partial charge in [0.1, 0.15) is 69.4 Å². The van der Waals surface area contributed by atoms with Gasteiger partial charge in [0.25, 0.3) is 0 Å². The molecule has 0 amide bonds. The van der Waals surface area contributed by atoms with Crippen molar-refractivity contribution in [3.63, 3.8) is 0 Å². The molecule has 2 aromatic carbocycles. The number of ketones is 12. The molecular formula is C84H118O25. The summed E-state index contributed by atoms with van der Waals surface area (Å²) in [6, 6.07) is 15.0. The Bertz CT molecular complexity index is 3160. The molecule has 8 unspecified atom stereocenters. The third kappa shape index (κ3) is 27.4. The molecule has 0 radical (unpaired) electrons. The van der Waals surface area contributed by atoms with Crippen molar-refractivity contribution >= 4 is 105 Å². The number of aliphatic carboxylic acids is 6. The molecule has 109 heavy (non-hydrogen) atoms. The third-order valence-electron chi connectivity index (χ3n) is 21.6. The summed E-state index contributed by atoms with van der Waals surface area (Å²) in [6.45, 7) is 22.7. The Hall–Kier alpha value is -8.74. The number of Topliss-reactive ketones (excluding diaryl/α,β-unsaturated/α-hetero) is 12. The molecule has 2 rings (SSSR count). The lowest BCUT2D eigenvalue weighted by atomic mass is 9.40. The zero-order valence-electron chi connectivity index (χ0n) is 67.0. The Balaban J connectivity index is 4.48. The summed E-state index contributed by atoms with van der Waals surface area (Å²) < 4.78 is 7.97. The van der Waals surface area contributed by atoms with E-state index in [2.05, 4.69) is 0 Å². The largest absolute Gasteiger partial charge is 0.481 e. The van der Waals surface area contributed by atoms with E-state index in [1.807, 2.05) is 0 Å². The highest BCUT2D eigenvalue weighted by atomic mass is 16.5. The molecule has 2 aromatic rings. The van der Waals surface area contributed by atoms with E-state index in [0.717, 1.165) is 41.5 Å². The van der Waals surface area contributed by atoms with Crippen LogP contribution < -0.4 is 0 Å². The molecule has 0 aliphatic rings. The van der Waals surface area contributed by atoms with Crippen molar-refractivity contribution in [3.05, 3.63) is 71.8 Å². The average Bonchev–Trinajstić information content (AvgIpc) is 0.707. The molecule has 25 heteroatoms. The lowest BCUT2D eigenvalue weighted by Crippen LogP contribution is -2.64. The number of hydrogen-bond acceptors (Lipinski definition) is 19. The number of carbonyl (C=O) groups excluding carboxylic acids is 12. The summed E-state index contributed by atoms with van der Waals surface area (Å²) in [6.07, 6.45) is -20.3. The molecule has 0 saturated carbocycles. The Kier molecular flexibility index (Phi) is 35.6. The molecular weight excluding hydrogens is 1410 g/mol. The highest BCUT2D eigenvalue weighted by Crippen LogP contribution is 2.69. The summed E-state index contributed by atoms with van der Waals surface area (Å²) in [5.74, 6) is -32.1. The highest BCUT2D eigenvalue weighted by Gasteiger charge is 2.70. The van der Waals surface area contributed by atoms with Crippen LogP contribution in [0.25, 0.3) is 0 Å². The van der Waals surface area contributed by atoms with Crippen LogP contribution in [0.4, 0.5) is 0 Å². The average molecular weight is 1530 g/mol. The quantitative estimate of drug-likeness (QED) is 0.0358. The Morgan fingerprint density at radius 1 is 0.257 bits per heavy atom. The zero-order chi connectivity index (χ0) is 84.1. The van der Waals surface area contributed by atoms with E-state index in [9.17, 15) is 88.2 Å². The van der Waals surface area contributed by atoms with Crippen LogP contribution in [0, 0.1) is 78.8 Å². The number of carboxylic acids is 6. The summed E-state index contributed by atoms with van der Waals surface area (Å²) >= 11 is 0. The van der Waals surface area contributed by atoms with Crippen molar-refractivity contribution in [3.8, 4) is 0 Å². The number of carboxylic acid groups (broad SMARTS) is 6. The van der Waals surface area contributed by atoms with Crippen LogP contribution in [0.1, 0.15) is 276 Å². The molecule has 604 valence electrons. The van der Waals surface area contributed by atoms with Gasteiger partial charge in [0.05, 0.1) is 50.7 Å². The smallest absolute Gasteiger partial charge is 0.303 e. The van der Waals surface area contributed by atoms with E-state index in [4.69, 9.17) is 4.74 Å². The minimum atomic E-state index is -2.84. The van der Waals surface area contributed by atoms with Gasteiger partial charge in [0.15, 0.2) is 0 Å². The fourth-order valence-electron chi connectivity index (χ4n) is 18.8. The van der Waals surface area contributed by atoms with Crippen molar-refractivity contribution in [2.24, 2.45) is 78.8 Å². The standard InChI is InChI=1S/C84H118O25/c1-49(85)29-35-57(91)71(77(7,8)43-65(97)98)83(72(58(92)36-30-50(2)86)78(9,10)44-66(99)100,73(59(93)37-31-51(3)87)79(11,12)45-67(101)102)41-63(55-25-21-19-22-26-55)109-64(56-27-23-20-24-28-56)42-84(74(60(94)38-32-52(4)88)80(13,14)46-68(103)104,75(61(95)39-33-53(5)89)81(15,16)47-69(105)106)76(62(96)40-34-54(6)90)82(17,18)48-70(107)108/h19-28,63-64,71-76H,29-48H2,1-18H3,(H,97,98)(H,99,100)(H,101,102)(H,103,104)(H,105,106)(H,107,108). The van der Waals surface area contributed by atoms with Crippen LogP contribution in [-0.2, 0) is 91.0 Å². The Morgan fingerprint density at radius 3 is 0.532 bits per heavy atom. The van der Waals surface area contributed by atoms with Crippen LogP contribution in [-0.4, -0.2) is 136 Å². The first-order chi connectivity index (χ1) is 49.9. The molecule has 0 fully saturated rings. The van der Waals surface area contributed by atoms with Gasteiger partial charge in [-0.3, -0.25) is 57.5 Å². The van der Waals surface area contributed by atoms with Gasteiger partial charge in [-0.2, -0.15) is 0 Å². The fraction of sp³-hybridized carbons (Fsp3) is 0.643. The number of ether oxygens (including phenoxy) is 1. The second-order valence-corrected chi connectivity index (χ2v) is 34.5. The molecule has 0 aliphatic heterocycles. The molecule has 0 aromatic heterocycles. The molecule has 8 atom stereocenters. The number of hydrogen-bond donors (Lipinski definition) is 6. The van der Waals surface area contributed by atoms with E-state index in [1.165, 1.54) is 132 Å². The second kappa shape index (κ2) is 40.3. The highest BCUT2D eigenvalue weighted by molar-refractivity contribution is 5.97. The fourth-order valence-corrected chi connectivity index (χ4v) is 18.8. The number of benzene rings is 2. The van der Waals surface area contributed by atoms with Gasteiger partial charge in [-0.1, -0.05) is 144 Å². The molecule has 0 aliphatic carbocycles. The van der Waals surface area contributed by atoms with Gasteiger partial charge < -0.3 is 64.1 Å². The lowest BCUT2D eigenvalue weighted by molar-refractivity contribution is -0.193. The first kappa shape index (κ1) is 96.3. The Morgan fingerprint density at radius 2 is 0.404 bits per heavy atom. The van der Waals surface area contributed by atoms with E-state index in [1.54, 1.807) is 12.1 Å². The van der Waals surface area contributed by atoms with Crippen molar-refractivity contribution in [1.29, 1.82) is 0 Å². The minimum Gasteiger partial charge on any atom is -0.481 e. The molecule has 0 bridgehead atoms. The van der Waals surface area contributed by atoms with E-state index in [0.29, 0.717) is 0 Å². The van der Waals surface area contributed by atoms with E-state index < -0.39 is 325 Å². The first-order valence-corrected chi connectivity index (χ1v) is 37.1. The maximum atomic E-state index is 16.7. The summed E-state index contributed by atoms with van der Waals surface area (Å²) in [5.41, 5.74) is -18.5. The van der Waals surface area contributed by atoms with Gasteiger partial charge in [-0.25, -0.2) is 0 Å². The second-order valence-electron chi connectivity index (χ2n) is 34.5. The van der Waals surface area contributed by atoms with Gasteiger partial charge >= 0.3 is 35.8 Å². The van der Waals surface area contributed by atoms with Gasteiger partial charge in [-0.05, 0) is 98.0 Å². The predicted molar refractivity (Wildman–Crippen MR) is 400 cm³/mol. The molecule has 6 N–H and O–H groups in total. The SMILES string of the molecule is CC(=O)CCC(=O)C(C(C)(C)CC(=O)O)C(CC(OC(CC(C(C(=O)CCC(C)=O)C(C)(C)CC(=O)O)(C(C(=O)CCC(C)=O)C(C)(C)CC(=O)O)C(C(=O)CCC(C)=O)C(C)(C)CC(=O)O)c1ccccc1)c1ccccc1)(C(C(=O)CCC(C)=O)C(C)(C)CC(=O)O)C(C(=O)CCC(C)=O)C(C)(C)CC(=O)O. The van der Waals surface area contributed by atoms with Crippen LogP contribution in [0.2, 0.25) is 0 Å². The normalized spacial score (nSPS) is 15.7. The maximum absolute atomic E-state index is 16.7. The minimum absolute atomic E-state index is 0.0159. The van der Waals surface area contributed by atoms with Crippen LogP contribution in [0.5, 0.6) is 0 Å². The Labute approximate surface area is 640 Å². The number of carbonyl (C=O) groups is 18. The monoisotopic (exact) mass is 1530 g/mol. The van der Waals surface area contributed by atoms with Crippen molar-refractivity contribution in [1.82, 2.24) is 0 Å². The number of rotatable bonds is 56. The molecule has 0 heterocycles. The van der Waals surface area contributed by atoms with Crippen molar-refractivity contribution in [2.45, 2.75) is 265 Å². The van der Waals surface area contributed by atoms with Crippen LogP contribution >= 0.6 is 0 Å². The maximum Gasteiger partial charge on any atom is 0.303 e. The summed E-state index contributed by atoms with van der Waals surface area (Å²) in [4.78, 5) is 263. The zero-order valence-corrected chi connectivity index (χ0v) is 67.0. The van der Waals surface area contributed by atoms with Crippen LogP contribution in [0.15, 0.2) is 60.7 Å². The van der Waals surface area contributed by atoms with E-state index >= 15 is 28.8 Å². The summed E-state index contributed by atoms with van der Waals surface area (Å²) in [5, 5.41) is 67.2. The van der Waals surface area contributed by atoms with Gasteiger partial charge in [0.2, 0.25) is 0 Å². The molecule has 0 spiro atoms. The molecule has 25 nitrogen and oxygen atoms in total. The topological polar surface area (TPSA) is 438 Å². The predicted octanol–water partition coefficient (Wildman–Crippen LogP) is 13.6. The molecule has 0 saturated heterocycles. The van der Waals surface area contributed by atoms with E-state index in [-0.39, 0.29) is 11.1 Å². The summed E-state index contributed by atoms with van der Waals surface area (Å²) in [7, 11) is 0. The van der Waals surface area contributed by atoms with Crippen molar-refractivity contribution in [2.75, 3.05) is 0 Å². The van der Waals surface area contributed by atoms with Crippen molar-refractivity contribution < 1.29 is 122 Å².